The molecule has 2 aromatic rings. The molecule has 0 atom stereocenters. The summed E-state index contributed by atoms with van der Waals surface area (Å²) in [5.74, 6) is -1.61. The smallest absolute Gasteiger partial charge is 0.355 e. The Morgan fingerprint density at radius 3 is 2.81 bits per heavy atom. The number of carbonyl (C=O) groups excluding carboxylic acids is 1. The summed E-state index contributed by atoms with van der Waals surface area (Å²) in [5, 5.41) is 14.5. The van der Waals surface area contributed by atoms with E-state index in [0.29, 0.717) is 34.2 Å². The highest BCUT2D eigenvalue weighted by Crippen LogP contribution is 2.20. The fourth-order valence-electron chi connectivity index (χ4n) is 1.70. The normalized spacial score (nSPS) is 10.3. The molecule has 1 amide bonds. The largest absolute Gasteiger partial charge is 0.476 e. The standard InChI is InChI=1S/C13H12ClN3O3S/c14-7-1-2-9(8(5-7)12(15)18)16-4-3-11-17-10(6-21-11)13(19)20/h1-2,5-6,16H,3-4H2,(H2,15,18)(H,19,20). The molecular formula is C13H12ClN3O3S. The van der Waals surface area contributed by atoms with Gasteiger partial charge < -0.3 is 16.2 Å². The topological polar surface area (TPSA) is 105 Å². The summed E-state index contributed by atoms with van der Waals surface area (Å²) in [4.78, 5) is 26.0. The number of nitrogens with two attached hydrogens (primary N) is 1. The van der Waals surface area contributed by atoms with Gasteiger partial charge in [-0.3, -0.25) is 4.79 Å². The van der Waals surface area contributed by atoms with Gasteiger partial charge in [-0.25, -0.2) is 9.78 Å². The SMILES string of the molecule is NC(=O)c1cc(Cl)ccc1NCCc1nc(C(=O)O)cs1. The summed E-state index contributed by atoms with van der Waals surface area (Å²) < 4.78 is 0. The number of carboxylic acid groups (broad SMARTS) is 1. The van der Waals surface area contributed by atoms with Crippen molar-refractivity contribution in [2.24, 2.45) is 5.73 Å². The van der Waals surface area contributed by atoms with E-state index in [1.165, 1.54) is 22.8 Å². The second kappa shape index (κ2) is 6.55. The average Bonchev–Trinajstić information content (AvgIpc) is 2.89. The zero-order valence-electron chi connectivity index (χ0n) is 10.8. The molecule has 0 aliphatic carbocycles. The summed E-state index contributed by atoms with van der Waals surface area (Å²) >= 11 is 7.11. The predicted octanol–water partition coefficient (Wildman–Crippen LogP) is 2.25. The fraction of sp³-hybridized carbons (Fsp3) is 0.154. The number of carbonyl (C=O) groups is 2. The van der Waals surface area contributed by atoms with Crippen molar-refractivity contribution in [3.8, 4) is 0 Å². The van der Waals surface area contributed by atoms with E-state index >= 15 is 0 Å². The van der Waals surface area contributed by atoms with E-state index < -0.39 is 11.9 Å². The van der Waals surface area contributed by atoms with Gasteiger partial charge in [-0.1, -0.05) is 11.6 Å². The number of benzene rings is 1. The highest BCUT2D eigenvalue weighted by molar-refractivity contribution is 7.09. The third-order valence-electron chi connectivity index (χ3n) is 2.67. The van der Waals surface area contributed by atoms with Gasteiger partial charge in [-0.05, 0) is 18.2 Å². The number of thiazole rings is 1. The molecule has 0 aliphatic rings. The van der Waals surface area contributed by atoms with Crippen LogP contribution in [0.25, 0.3) is 0 Å². The number of anilines is 1. The molecule has 0 bridgehead atoms. The predicted molar refractivity (Wildman–Crippen MR) is 81.2 cm³/mol. The van der Waals surface area contributed by atoms with Crippen LogP contribution in [0, 0.1) is 0 Å². The number of aromatic carboxylic acids is 1. The van der Waals surface area contributed by atoms with E-state index in [1.807, 2.05) is 0 Å². The van der Waals surface area contributed by atoms with Gasteiger partial charge in [-0.2, -0.15) is 0 Å². The minimum Gasteiger partial charge on any atom is -0.476 e. The summed E-state index contributed by atoms with van der Waals surface area (Å²) in [7, 11) is 0. The maximum atomic E-state index is 11.3. The molecule has 0 saturated heterocycles. The lowest BCUT2D eigenvalue weighted by molar-refractivity contribution is 0.0691. The number of nitrogens with zero attached hydrogens (tertiary/aromatic N) is 1. The third kappa shape index (κ3) is 3.93. The first-order valence-electron chi connectivity index (χ1n) is 5.98. The molecule has 2 rings (SSSR count). The van der Waals surface area contributed by atoms with Crippen LogP contribution in [0.3, 0.4) is 0 Å². The van der Waals surface area contributed by atoms with Crippen LogP contribution in [0.5, 0.6) is 0 Å². The van der Waals surface area contributed by atoms with E-state index in [-0.39, 0.29) is 5.69 Å². The highest BCUT2D eigenvalue weighted by Gasteiger charge is 2.10. The maximum Gasteiger partial charge on any atom is 0.355 e. The number of carboxylic acids is 1. The Bertz CT molecular complexity index is 687. The van der Waals surface area contributed by atoms with Crippen LogP contribution in [-0.4, -0.2) is 28.5 Å². The minimum atomic E-state index is -1.04. The second-order valence-electron chi connectivity index (χ2n) is 4.16. The van der Waals surface area contributed by atoms with Crippen molar-refractivity contribution in [2.45, 2.75) is 6.42 Å². The van der Waals surface area contributed by atoms with E-state index in [1.54, 1.807) is 12.1 Å². The summed E-state index contributed by atoms with van der Waals surface area (Å²) in [6.07, 6.45) is 0.540. The first-order valence-corrected chi connectivity index (χ1v) is 7.24. The minimum absolute atomic E-state index is 0.0410. The van der Waals surface area contributed by atoms with Crippen molar-refractivity contribution in [1.82, 2.24) is 4.98 Å². The lowest BCUT2D eigenvalue weighted by Gasteiger charge is -2.09. The number of amides is 1. The van der Waals surface area contributed by atoms with Crippen molar-refractivity contribution >= 4 is 40.5 Å². The first-order chi connectivity index (χ1) is 9.97. The number of hydrogen-bond acceptors (Lipinski definition) is 5. The molecule has 0 spiro atoms. The van der Waals surface area contributed by atoms with Crippen molar-refractivity contribution in [3.05, 3.63) is 44.9 Å². The van der Waals surface area contributed by atoms with Crippen LogP contribution in [-0.2, 0) is 6.42 Å². The summed E-state index contributed by atoms with van der Waals surface area (Å²) in [6, 6.07) is 4.83. The average molecular weight is 326 g/mol. The van der Waals surface area contributed by atoms with Gasteiger partial charge in [0.2, 0.25) is 0 Å². The number of rotatable bonds is 6. The highest BCUT2D eigenvalue weighted by atomic mass is 35.5. The number of primary amides is 1. The molecule has 21 heavy (non-hydrogen) atoms. The van der Waals surface area contributed by atoms with Crippen LogP contribution in [0.4, 0.5) is 5.69 Å². The molecule has 0 unspecified atom stereocenters. The van der Waals surface area contributed by atoms with Crippen LogP contribution < -0.4 is 11.1 Å². The van der Waals surface area contributed by atoms with Gasteiger partial charge in [0.05, 0.1) is 10.6 Å². The summed E-state index contributed by atoms with van der Waals surface area (Å²) in [6.45, 7) is 0.495. The molecule has 6 nitrogen and oxygen atoms in total. The van der Waals surface area contributed by atoms with Gasteiger partial charge in [-0.15, -0.1) is 11.3 Å². The van der Waals surface area contributed by atoms with Crippen LogP contribution in [0.2, 0.25) is 5.02 Å². The maximum absolute atomic E-state index is 11.3. The molecule has 1 aromatic heterocycles. The lowest BCUT2D eigenvalue weighted by Crippen LogP contribution is -2.15. The molecule has 110 valence electrons. The third-order valence-corrected chi connectivity index (χ3v) is 3.82. The Morgan fingerprint density at radius 2 is 2.19 bits per heavy atom. The number of halogens is 1. The molecule has 0 fully saturated rings. The Morgan fingerprint density at radius 1 is 1.43 bits per heavy atom. The van der Waals surface area contributed by atoms with Gasteiger partial charge in [0.25, 0.3) is 5.91 Å². The molecule has 0 saturated carbocycles. The van der Waals surface area contributed by atoms with Gasteiger partial charge in [0.1, 0.15) is 0 Å². The monoisotopic (exact) mass is 325 g/mol. The van der Waals surface area contributed by atoms with Crippen LogP contribution in [0.1, 0.15) is 25.9 Å². The molecular weight excluding hydrogens is 314 g/mol. The lowest BCUT2D eigenvalue weighted by atomic mass is 10.1. The van der Waals surface area contributed by atoms with Gasteiger partial charge >= 0.3 is 5.97 Å². The Hall–Kier alpha value is -2.12. The Balaban J connectivity index is 2.00. The van der Waals surface area contributed by atoms with Crippen molar-refractivity contribution in [1.29, 1.82) is 0 Å². The summed E-state index contributed by atoms with van der Waals surface area (Å²) in [5.41, 5.74) is 6.23. The van der Waals surface area contributed by atoms with Crippen LogP contribution in [0.15, 0.2) is 23.6 Å². The molecule has 8 heteroatoms. The molecule has 0 radical (unpaired) electrons. The molecule has 4 N–H and O–H groups in total. The van der Waals surface area contributed by atoms with Gasteiger partial charge in [0.15, 0.2) is 5.69 Å². The van der Waals surface area contributed by atoms with Crippen molar-refractivity contribution in [2.75, 3.05) is 11.9 Å². The second-order valence-corrected chi connectivity index (χ2v) is 5.54. The van der Waals surface area contributed by atoms with Crippen LogP contribution >= 0.6 is 22.9 Å². The molecule has 1 heterocycles. The van der Waals surface area contributed by atoms with E-state index in [0.717, 1.165) is 0 Å². The zero-order chi connectivity index (χ0) is 15.4. The van der Waals surface area contributed by atoms with Crippen molar-refractivity contribution in [3.63, 3.8) is 0 Å². The number of nitrogens with one attached hydrogen (secondary N) is 1. The quantitative estimate of drug-likeness (QED) is 0.755. The van der Waals surface area contributed by atoms with E-state index in [2.05, 4.69) is 10.3 Å². The molecule has 1 aromatic carbocycles. The first kappa shape index (κ1) is 15.3. The Kier molecular flexibility index (Phi) is 4.77. The van der Waals surface area contributed by atoms with Gasteiger partial charge in [0, 0.05) is 29.1 Å². The van der Waals surface area contributed by atoms with Crippen molar-refractivity contribution < 1.29 is 14.7 Å². The fourth-order valence-corrected chi connectivity index (χ4v) is 2.65. The zero-order valence-corrected chi connectivity index (χ0v) is 12.4. The number of aromatic nitrogens is 1. The molecule has 0 aliphatic heterocycles. The number of hydrogen-bond donors (Lipinski definition) is 3. The van der Waals surface area contributed by atoms with E-state index in [4.69, 9.17) is 22.4 Å². The van der Waals surface area contributed by atoms with E-state index in [9.17, 15) is 9.59 Å². The Labute approximate surface area is 129 Å².